The van der Waals surface area contributed by atoms with Gasteiger partial charge in [0.05, 0.1) is 12.5 Å². The number of halogens is 2. The van der Waals surface area contributed by atoms with E-state index in [9.17, 15) is 13.6 Å². The van der Waals surface area contributed by atoms with Gasteiger partial charge in [-0.3, -0.25) is 4.79 Å². The van der Waals surface area contributed by atoms with Gasteiger partial charge in [0.15, 0.2) is 0 Å². The Hall–Kier alpha value is -0.750. The van der Waals surface area contributed by atoms with E-state index < -0.39 is 19.1 Å². The van der Waals surface area contributed by atoms with E-state index in [2.05, 4.69) is 5.32 Å². The van der Waals surface area contributed by atoms with E-state index in [1.165, 1.54) is 0 Å². The Labute approximate surface area is 93.0 Å². The molecule has 0 radical (unpaired) electrons. The summed E-state index contributed by atoms with van der Waals surface area (Å²) in [6, 6.07) is 0. The average molecular weight is 237 g/mol. The van der Waals surface area contributed by atoms with Crippen molar-refractivity contribution in [3.05, 3.63) is 0 Å². The number of carbonyl (C=O) groups is 1. The van der Waals surface area contributed by atoms with Crippen LogP contribution in [0, 0.1) is 0 Å². The molecule has 1 saturated heterocycles. The molecule has 1 aliphatic heterocycles. The predicted octanol–water partition coefficient (Wildman–Crippen LogP) is 0.688. The summed E-state index contributed by atoms with van der Waals surface area (Å²) in [5.74, 6) is -0.355. The highest BCUT2D eigenvalue weighted by Crippen LogP contribution is 2.15. The van der Waals surface area contributed by atoms with E-state index in [0.717, 1.165) is 19.3 Å². The summed E-state index contributed by atoms with van der Waals surface area (Å²) in [4.78, 5) is 11.3. The van der Waals surface area contributed by atoms with Crippen molar-refractivity contribution in [2.75, 3.05) is 13.2 Å². The van der Waals surface area contributed by atoms with Crippen molar-refractivity contribution < 1.29 is 23.4 Å². The van der Waals surface area contributed by atoms with E-state index >= 15 is 0 Å². The molecule has 0 spiro atoms. The molecule has 0 aromatic carbocycles. The molecule has 2 atom stereocenters. The number of aliphatic hydroxyl groups is 1. The second kappa shape index (κ2) is 6.75. The van der Waals surface area contributed by atoms with Gasteiger partial charge in [0.25, 0.3) is 6.43 Å². The first-order chi connectivity index (χ1) is 7.59. The zero-order chi connectivity index (χ0) is 12.0. The van der Waals surface area contributed by atoms with Crippen LogP contribution in [-0.2, 0) is 9.53 Å². The molecular formula is C10H17F2NO3. The highest BCUT2D eigenvalue weighted by Gasteiger charge is 2.20. The summed E-state index contributed by atoms with van der Waals surface area (Å²) in [6.07, 6.45) is -1.71. The Kier molecular flexibility index (Phi) is 5.62. The van der Waals surface area contributed by atoms with E-state index in [1.807, 2.05) is 0 Å². The van der Waals surface area contributed by atoms with Crippen molar-refractivity contribution in [1.82, 2.24) is 5.32 Å². The lowest BCUT2D eigenvalue weighted by atomic mass is 10.1. The first-order valence-electron chi connectivity index (χ1n) is 5.44. The summed E-state index contributed by atoms with van der Waals surface area (Å²) in [7, 11) is 0. The van der Waals surface area contributed by atoms with Gasteiger partial charge < -0.3 is 15.2 Å². The van der Waals surface area contributed by atoms with E-state index in [0.29, 0.717) is 6.61 Å². The third-order valence-corrected chi connectivity index (χ3v) is 2.49. The van der Waals surface area contributed by atoms with Crippen LogP contribution >= 0.6 is 0 Å². The van der Waals surface area contributed by atoms with Crippen LogP contribution in [-0.4, -0.2) is 42.8 Å². The number of amides is 1. The lowest BCUT2D eigenvalue weighted by Crippen LogP contribution is -2.37. The molecule has 1 amide bonds. The van der Waals surface area contributed by atoms with Crippen LogP contribution in [0.15, 0.2) is 0 Å². The number of nitrogens with one attached hydrogen (secondary N) is 1. The van der Waals surface area contributed by atoms with Crippen molar-refractivity contribution in [1.29, 1.82) is 0 Å². The predicted molar refractivity (Wildman–Crippen MR) is 53.2 cm³/mol. The summed E-state index contributed by atoms with van der Waals surface area (Å²) in [6.45, 7) is 0.237. The van der Waals surface area contributed by atoms with Gasteiger partial charge >= 0.3 is 0 Å². The van der Waals surface area contributed by atoms with E-state index in [4.69, 9.17) is 9.84 Å². The normalized spacial score (nSPS) is 23.1. The van der Waals surface area contributed by atoms with Crippen LogP contribution in [0.5, 0.6) is 0 Å². The monoisotopic (exact) mass is 237 g/mol. The molecule has 2 N–H and O–H groups in total. The summed E-state index contributed by atoms with van der Waals surface area (Å²) < 4.78 is 29.2. The van der Waals surface area contributed by atoms with Crippen molar-refractivity contribution in [2.24, 2.45) is 0 Å². The second-order valence-electron chi connectivity index (χ2n) is 3.90. The molecule has 1 aliphatic rings. The van der Waals surface area contributed by atoms with Crippen molar-refractivity contribution >= 4 is 5.91 Å². The first-order valence-corrected chi connectivity index (χ1v) is 5.44. The van der Waals surface area contributed by atoms with E-state index in [1.54, 1.807) is 0 Å². The number of hydrogen-bond acceptors (Lipinski definition) is 3. The number of rotatable bonds is 5. The maximum Gasteiger partial charge on any atom is 0.265 e. The quantitative estimate of drug-likeness (QED) is 0.739. The Morgan fingerprint density at radius 1 is 1.50 bits per heavy atom. The highest BCUT2D eigenvalue weighted by molar-refractivity contribution is 5.76. The van der Waals surface area contributed by atoms with Gasteiger partial charge in [-0.25, -0.2) is 8.78 Å². The Bertz CT molecular complexity index is 220. The minimum Gasteiger partial charge on any atom is -0.385 e. The maximum atomic E-state index is 11.9. The van der Waals surface area contributed by atoms with Gasteiger partial charge in [0, 0.05) is 13.2 Å². The maximum absolute atomic E-state index is 11.9. The van der Waals surface area contributed by atoms with Gasteiger partial charge in [-0.05, 0) is 19.3 Å². The van der Waals surface area contributed by atoms with Crippen molar-refractivity contribution in [2.45, 2.75) is 44.3 Å². The summed E-state index contributed by atoms with van der Waals surface area (Å²) in [5, 5.41) is 11.0. The zero-order valence-corrected chi connectivity index (χ0v) is 8.99. The SMILES string of the molecule is O=C(CC1CCCCO1)NCC(O)C(F)F. The van der Waals surface area contributed by atoms with Crippen LogP contribution in [0.1, 0.15) is 25.7 Å². The molecule has 94 valence electrons. The molecule has 0 aliphatic carbocycles. The van der Waals surface area contributed by atoms with Gasteiger partial charge in [0.2, 0.25) is 5.91 Å². The van der Waals surface area contributed by atoms with Gasteiger partial charge in [-0.2, -0.15) is 0 Å². The molecule has 1 rings (SSSR count). The molecule has 1 fully saturated rings. The average Bonchev–Trinajstić information content (AvgIpc) is 2.27. The molecule has 0 aromatic heterocycles. The topological polar surface area (TPSA) is 58.6 Å². The molecule has 1 heterocycles. The lowest BCUT2D eigenvalue weighted by Gasteiger charge is -2.22. The minimum absolute atomic E-state index is 0.113. The van der Waals surface area contributed by atoms with Crippen molar-refractivity contribution in [3.63, 3.8) is 0 Å². The third kappa shape index (κ3) is 4.85. The number of hydrogen-bond donors (Lipinski definition) is 2. The van der Waals surface area contributed by atoms with Gasteiger partial charge in [-0.1, -0.05) is 0 Å². The van der Waals surface area contributed by atoms with Crippen LogP contribution < -0.4 is 5.32 Å². The van der Waals surface area contributed by atoms with Gasteiger partial charge in [0.1, 0.15) is 6.10 Å². The standard InChI is InChI=1S/C10H17F2NO3/c11-10(12)8(14)6-13-9(15)5-7-3-1-2-4-16-7/h7-8,10,14H,1-6H2,(H,13,15). The number of ether oxygens (including phenoxy) is 1. The van der Waals surface area contributed by atoms with Crippen LogP contribution in [0.25, 0.3) is 0 Å². The molecular weight excluding hydrogens is 220 g/mol. The first kappa shape index (κ1) is 13.3. The molecule has 4 nitrogen and oxygen atoms in total. The largest absolute Gasteiger partial charge is 0.385 e. The Morgan fingerprint density at radius 3 is 2.81 bits per heavy atom. The molecule has 0 aromatic rings. The van der Waals surface area contributed by atoms with E-state index in [-0.39, 0.29) is 18.4 Å². The molecule has 2 unspecified atom stereocenters. The molecule has 0 bridgehead atoms. The molecule has 6 heteroatoms. The lowest BCUT2D eigenvalue weighted by molar-refractivity contribution is -0.125. The zero-order valence-electron chi connectivity index (χ0n) is 8.99. The summed E-state index contributed by atoms with van der Waals surface area (Å²) in [5.41, 5.74) is 0. The highest BCUT2D eigenvalue weighted by atomic mass is 19.3. The Morgan fingerprint density at radius 2 is 2.25 bits per heavy atom. The van der Waals surface area contributed by atoms with Crippen LogP contribution in [0.2, 0.25) is 0 Å². The van der Waals surface area contributed by atoms with Crippen LogP contribution in [0.3, 0.4) is 0 Å². The van der Waals surface area contributed by atoms with Gasteiger partial charge in [-0.15, -0.1) is 0 Å². The van der Waals surface area contributed by atoms with Crippen molar-refractivity contribution in [3.8, 4) is 0 Å². The minimum atomic E-state index is -2.83. The fourth-order valence-corrected chi connectivity index (χ4v) is 1.55. The smallest absolute Gasteiger partial charge is 0.265 e. The fourth-order valence-electron chi connectivity index (χ4n) is 1.55. The summed E-state index contributed by atoms with van der Waals surface area (Å²) >= 11 is 0. The second-order valence-corrected chi connectivity index (χ2v) is 3.90. The fraction of sp³-hybridized carbons (Fsp3) is 0.900. The number of alkyl halides is 2. The molecule has 16 heavy (non-hydrogen) atoms. The third-order valence-electron chi connectivity index (χ3n) is 2.49. The molecule has 0 saturated carbocycles. The number of carbonyl (C=O) groups excluding carboxylic acids is 1. The van der Waals surface area contributed by atoms with Crippen LogP contribution in [0.4, 0.5) is 8.78 Å². The Balaban J connectivity index is 2.14. The number of aliphatic hydroxyl groups excluding tert-OH is 1.